The van der Waals surface area contributed by atoms with E-state index in [0.29, 0.717) is 11.5 Å². The van der Waals surface area contributed by atoms with E-state index >= 15 is 0 Å². The zero-order valence-corrected chi connectivity index (χ0v) is 14.1. The minimum atomic E-state index is -4.39. The van der Waals surface area contributed by atoms with Crippen molar-refractivity contribution in [1.29, 1.82) is 0 Å². The Morgan fingerprint density at radius 3 is 2.50 bits per heavy atom. The summed E-state index contributed by atoms with van der Waals surface area (Å²) in [6.45, 7) is 0. The molecule has 2 heterocycles. The Labute approximate surface area is 151 Å². The van der Waals surface area contributed by atoms with Gasteiger partial charge in [-0.2, -0.15) is 13.2 Å². The van der Waals surface area contributed by atoms with Crippen molar-refractivity contribution < 1.29 is 13.2 Å². The van der Waals surface area contributed by atoms with Crippen LogP contribution in [0.5, 0.6) is 0 Å². The highest BCUT2D eigenvalue weighted by atomic mass is 32.1. The lowest BCUT2D eigenvalue weighted by Crippen LogP contribution is -2.05. The second-order valence-electron chi connectivity index (χ2n) is 5.62. The molecule has 2 aromatic carbocycles. The molecule has 1 N–H and O–H groups in total. The quantitative estimate of drug-likeness (QED) is 0.471. The van der Waals surface area contributed by atoms with Gasteiger partial charge in [0.25, 0.3) is 0 Å². The Bertz CT molecular complexity index is 1060. The van der Waals surface area contributed by atoms with Crippen LogP contribution in [0.4, 0.5) is 24.7 Å². The first-order chi connectivity index (χ1) is 12.5. The predicted octanol–water partition coefficient (Wildman–Crippen LogP) is 6.12. The number of hydrogen-bond donors (Lipinski definition) is 1. The highest BCUT2D eigenvalue weighted by molar-refractivity contribution is 7.18. The number of rotatable bonds is 3. The molecule has 0 aliphatic rings. The van der Waals surface area contributed by atoms with Gasteiger partial charge in [-0.1, -0.05) is 36.4 Å². The number of fused-ring (bicyclic) bond motifs is 1. The van der Waals surface area contributed by atoms with Crippen molar-refractivity contribution in [2.45, 2.75) is 6.18 Å². The number of nitrogens with one attached hydrogen (secondary N) is 1. The first kappa shape index (κ1) is 16.5. The predicted molar refractivity (Wildman–Crippen MR) is 97.6 cm³/mol. The normalized spacial score (nSPS) is 11.7. The fourth-order valence-electron chi connectivity index (χ4n) is 2.67. The third-order valence-electron chi connectivity index (χ3n) is 3.89. The molecular weight excluding hydrogens is 359 g/mol. The van der Waals surface area contributed by atoms with E-state index in [1.165, 1.54) is 23.7 Å². The number of alkyl halides is 3. The highest BCUT2D eigenvalue weighted by Crippen LogP contribution is 2.37. The molecule has 0 saturated heterocycles. The van der Waals surface area contributed by atoms with E-state index in [4.69, 9.17) is 0 Å². The van der Waals surface area contributed by atoms with Gasteiger partial charge in [-0.05, 0) is 23.8 Å². The Hall–Kier alpha value is -2.93. The number of aromatic nitrogens is 2. The summed E-state index contributed by atoms with van der Waals surface area (Å²) in [5.41, 5.74) is 2.40. The van der Waals surface area contributed by atoms with E-state index in [1.807, 2.05) is 35.7 Å². The minimum Gasteiger partial charge on any atom is -0.339 e. The molecule has 0 atom stereocenters. The maximum Gasteiger partial charge on any atom is 0.416 e. The Morgan fingerprint density at radius 2 is 1.73 bits per heavy atom. The van der Waals surface area contributed by atoms with Gasteiger partial charge < -0.3 is 5.32 Å². The highest BCUT2D eigenvalue weighted by Gasteiger charge is 2.30. The summed E-state index contributed by atoms with van der Waals surface area (Å²) in [4.78, 5) is 8.56. The maximum atomic E-state index is 12.9. The average molecular weight is 371 g/mol. The molecule has 0 bridgehead atoms. The third kappa shape index (κ3) is 3.13. The van der Waals surface area contributed by atoms with E-state index in [2.05, 4.69) is 15.3 Å². The van der Waals surface area contributed by atoms with Crippen molar-refractivity contribution in [3.63, 3.8) is 0 Å². The number of thiophene rings is 1. The first-order valence-corrected chi connectivity index (χ1v) is 8.62. The molecule has 0 aliphatic heterocycles. The van der Waals surface area contributed by atoms with Crippen LogP contribution in [-0.4, -0.2) is 9.97 Å². The zero-order chi connectivity index (χ0) is 18.1. The van der Waals surface area contributed by atoms with Gasteiger partial charge in [0.1, 0.15) is 6.33 Å². The smallest absolute Gasteiger partial charge is 0.339 e. The minimum absolute atomic E-state index is 0.328. The zero-order valence-electron chi connectivity index (χ0n) is 13.3. The van der Waals surface area contributed by atoms with Crippen molar-refractivity contribution in [1.82, 2.24) is 9.97 Å². The number of anilines is 2. The Balaban J connectivity index is 1.74. The van der Waals surface area contributed by atoms with E-state index in [-0.39, 0.29) is 0 Å². The van der Waals surface area contributed by atoms with E-state index < -0.39 is 11.7 Å². The van der Waals surface area contributed by atoms with Gasteiger partial charge in [-0.3, -0.25) is 0 Å². The van der Waals surface area contributed by atoms with Crippen molar-refractivity contribution in [3.8, 4) is 11.1 Å². The molecule has 4 rings (SSSR count). The van der Waals surface area contributed by atoms with Gasteiger partial charge in [0.2, 0.25) is 0 Å². The number of benzene rings is 2. The molecule has 4 aromatic rings. The van der Waals surface area contributed by atoms with Crippen LogP contribution in [0, 0.1) is 0 Å². The van der Waals surface area contributed by atoms with Crippen LogP contribution in [-0.2, 0) is 6.18 Å². The van der Waals surface area contributed by atoms with Crippen molar-refractivity contribution in [3.05, 3.63) is 71.9 Å². The molecule has 0 radical (unpaired) electrons. The van der Waals surface area contributed by atoms with Crippen LogP contribution in [0.2, 0.25) is 0 Å². The molecular formula is C19H12F3N3S. The lowest BCUT2D eigenvalue weighted by atomic mass is 10.1. The van der Waals surface area contributed by atoms with Crippen LogP contribution >= 0.6 is 11.3 Å². The number of hydrogen-bond acceptors (Lipinski definition) is 4. The van der Waals surface area contributed by atoms with E-state index in [0.717, 1.165) is 33.5 Å². The topological polar surface area (TPSA) is 37.8 Å². The largest absolute Gasteiger partial charge is 0.416 e. The summed E-state index contributed by atoms with van der Waals surface area (Å²) < 4.78 is 39.5. The monoisotopic (exact) mass is 371 g/mol. The van der Waals surface area contributed by atoms with Crippen LogP contribution in [0.1, 0.15) is 5.56 Å². The van der Waals surface area contributed by atoms with Crippen LogP contribution < -0.4 is 5.32 Å². The molecule has 0 aliphatic carbocycles. The lowest BCUT2D eigenvalue weighted by molar-refractivity contribution is -0.137. The van der Waals surface area contributed by atoms with Gasteiger partial charge in [0.05, 0.1) is 15.8 Å². The molecule has 0 fully saturated rings. The second-order valence-corrected chi connectivity index (χ2v) is 6.50. The molecule has 3 nitrogen and oxygen atoms in total. The molecule has 0 amide bonds. The molecule has 26 heavy (non-hydrogen) atoms. The van der Waals surface area contributed by atoms with Crippen LogP contribution in [0.25, 0.3) is 21.3 Å². The summed E-state index contributed by atoms with van der Waals surface area (Å²) in [5, 5.41) is 4.96. The fourth-order valence-corrected chi connectivity index (χ4v) is 3.65. The molecule has 7 heteroatoms. The standard InChI is InChI=1S/C19H12F3N3S/c20-19(21,22)13-7-4-8-14(9-13)25-18-17-16(23-11-24-18)15(10-26-17)12-5-2-1-3-6-12/h1-11H,(H,23,24,25). The van der Waals surface area contributed by atoms with E-state index in [1.54, 1.807) is 6.07 Å². The van der Waals surface area contributed by atoms with Gasteiger partial charge >= 0.3 is 6.18 Å². The van der Waals surface area contributed by atoms with Crippen molar-refractivity contribution in [2.75, 3.05) is 5.32 Å². The van der Waals surface area contributed by atoms with Crippen LogP contribution in [0.15, 0.2) is 66.3 Å². The Morgan fingerprint density at radius 1 is 0.923 bits per heavy atom. The summed E-state index contributed by atoms with van der Waals surface area (Å²) >= 11 is 1.45. The van der Waals surface area contributed by atoms with Gasteiger partial charge in [0.15, 0.2) is 5.82 Å². The second kappa shape index (κ2) is 6.42. The number of halogens is 3. The number of nitrogens with zero attached hydrogens (tertiary/aromatic N) is 2. The molecule has 2 aromatic heterocycles. The summed E-state index contributed by atoms with van der Waals surface area (Å²) in [7, 11) is 0. The van der Waals surface area contributed by atoms with Gasteiger partial charge in [-0.15, -0.1) is 11.3 Å². The summed E-state index contributed by atoms with van der Waals surface area (Å²) in [5.74, 6) is 0.488. The van der Waals surface area contributed by atoms with Crippen molar-refractivity contribution >= 4 is 33.1 Å². The van der Waals surface area contributed by atoms with Crippen molar-refractivity contribution in [2.24, 2.45) is 0 Å². The fraction of sp³-hybridized carbons (Fsp3) is 0.0526. The molecule has 0 saturated carbocycles. The molecule has 130 valence electrons. The van der Waals surface area contributed by atoms with Gasteiger partial charge in [0, 0.05) is 16.6 Å². The molecule has 0 spiro atoms. The first-order valence-electron chi connectivity index (χ1n) is 7.74. The summed E-state index contributed by atoms with van der Waals surface area (Å²) in [6, 6.07) is 14.9. The van der Waals surface area contributed by atoms with E-state index in [9.17, 15) is 13.2 Å². The summed E-state index contributed by atoms with van der Waals surface area (Å²) in [6.07, 6.45) is -2.97. The third-order valence-corrected chi connectivity index (χ3v) is 4.87. The van der Waals surface area contributed by atoms with Gasteiger partial charge in [-0.25, -0.2) is 9.97 Å². The molecule has 0 unspecified atom stereocenters. The van der Waals surface area contributed by atoms with Crippen LogP contribution in [0.3, 0.4) is 0 Å². The SMILES string of the molecule is FC(F)(F)c1cccc(Nc2ncnc3c(-c4ccccc4)csc23)c1. The lowest BCUT2D eigenvalue weighted by Gasteiger charge is -2.10. The Kier molecular flexibility index (Phi) is 4.08. The maximum absolute atomic E-state index is 12.9. The average Bonchev–Trinajstić information content (AvgIpc) is 3.07.